The van der Waals surface area contributed by atoms with Crippen molar-refractivity contribution in [3.05, 3.63) is 33.9 Å². The average molecular weight is 373 g/mol. The van der Waals surface area contributed by atoms with Crippen molar-refractivity contribution in [3.8, 4) is 0 Å². The van der Waals surface area contributed by atoms with Gasteiger partial charge in [-0.05, 0) is 12.1 Å². The molecule has 0 radical (unpaired) electrons. The molecule has 1 rings (SSSR count). The van der Waals surface area contributed by atoms with Crippen LogP contribution in [0, 0.1) is 10.1 Å². The van der Waals surface area contributed by atoms with Gasteiger partial charge in [0.2, 0.25) is 10.0 Å². The molecule has 1 atom stereocenters. The summed E-state index contributed by atoms with van der Waals surface area (Å²) >= 11 is 0. The fourth-order valence-electron chi connectivity index (χ4n) is 1.57. The van der Waals surface area contributed by atoms with E-state index in [0.717, 1.165) is 5.48 Å². The van der Waals surface area contributed by atoms with E-state index in [-0.39, 0.29) is 6.07 Å². The third-order valence-corrected chi connectivity index (χ3v) is 4.20. The van der Waals surface area contributed by atoms with Crippen LogP contribution in [0.3, 0.4) is 0 Å². The third-order valence-electron chi connectivity index (χ3n) is 2.68. The maximum atomic E-state index is 12.6. The van der Waals surface area contributed by atoms with Gasteiger partial charge in [0.1, 0.15) is 6.04 Å². The first kappa shape index (κ1) is 19.8. The molecular weight excluding hydrogens is 363 g/mol. The van der Waals surface area contributed by atoms with Crippen LogP contribution in [0.1, 0.15) is 5.56 Å². The van der Waals surface area contributed by atoms with Gasteiger partial charge in [0, 0.05) is 6.07 Å². The molecule has 14 heteroatoms. The molecule has 0 heterocycles. The first-order valence-corrected chi connectivity index (χ1v) is 7.35. The van der Waals surface area contributed by atoms with Crippen LogP contribution in [0.25, 0.3) is 0 Å². The Hall–Kier alpha value is -2.29. The number of aliphatic hydroxyl groups excluding tert-OH is 1. The molecule has 1 aromatic carbocycles. The molecule has 0 aliphatic heterocycles. The number of alkyl halides is 3. The minimum absolute atomic E-state index is 0.0225. The summed E-state index contributed by atoms with van der Waals surface area (Å²) in [5, 5.41) is 28.1. The SMILES string of the molecule is O=C(NO)[C@H](CO)NS(=O)(=O)c1ccc(C(F)(F)F)cc1[N+](=O)[O-]. The smallest absolute Gasteiger partial charge is 0.394 e. The monoisotopic (exact) mass is 373 g/mol. The molecular formula is C10H10F3N3O7S. The molecule has 0 spiro atoms. The summed E-state index contributed by atoms with van der Waals surface area (Å²) in [6.07, 6.45) is -4.94. The molecule has 24 heavy (non-hydrogen) atoms. The van der Waals surface area contributed by atoms with Crippen molar-refractivity contribution >= 4 is 21.6 Å². The third kappa shape index (κ3) is 4.38. The summed E-state index contributed by atoms with van der Waals surface area (Å²) in [5.74, 6) is -1.38. The fourth-order valence-corrected chi connectivity index (χ4v) is 2.91. The van der Waals surface area contributed by atoms with E-state index in [9.17, 15) is 36.5 Å². The number of benzene rings is 1. The lowest BCUT2D eigenvalue weighted by Crippen LogP contribution is -2.48. The summed E-state index contributed by atoms with van der Waals surface area (Å²) in [6.45, 7) is -1.12. The lowest BCUT2D eigenvalue weighted by atomic mass is 10.2. The summed E-state index contributed by atoms with van der Waals surface area (Å²) in [5.41, 5.74) is -1.77. The summed E-state index contributed by atoms with van der Waals surface area (Å²) in [4.78, 5) is 19.5. The maximum Gasteiger partial charge on any atom is 0.416 e. The predicted molar refractivity (Wildman–Crippen MR) is 69.2 cm³/mol. The van der Waals surface area contributed by atoms with E-state index in [1.807, 2.05) is 0 Å². The van der Waals surface area contributed by atoms with Crippen LogP contribution in [-0.4, -0.2) is 42.2 Å². The number of amides is 1. The Bertz CT molecular complexity index is 751. The van der Waals surface area contributed by atoms with Gasteiger partial charge in [0.25, 0.3) is 11.6 Å². The average Bonchev–Trinajstić information content (AvgIpc) is 2.50. The first-order valence-electron chi connectivity index (χ1n) is 5.86. The van der Waals surface area contributed by atoms with E-state index < -0.39 is 55.8 Å². The highest BCUT2D eigenvalue weighted by atomic mass is 32.2. The van der Waals surface area contributed by atoms with Gasteiger partial charge in [0.05, 0.1) is 17.1 Å². The van der Waals surface area contributed by atoms with Gasteiger partial charge in [-0.15, -0.1) is 0 Å². The molecule has 134 valence electrons. The fraction of sp³-hybridized carbons (Fsp3) is 0.300. The van der Waals surface area contributed by atoms with Crippen LogP contribution in [-0.2, 0) is 21.0 Å². The van der Waals surface area contributed by atoms with Gasteiger partial charge >= 0.3 is 6.18 Å². The zero-order valence-corrected chi connectivity index (χ0v) is 12.3. The number of carbonyl (C=O) groups is 1. The van der Waals surface area contributed by atoms with Crippen molar-refractivity contribution in [3.63, 3.8) is 0 Å². The number of nitro benzene ring substituents is 1. The highest BCUT2D eigenvalue weighted by Crippen LogP contribution is 2.34. The highest BCUT2D eigenvalue weighted by molar-refractivity contribution is 7.89. The number of hydroxylamine groups is 1. The molecule has 0 aromatic heterocycles. The molecule has 0 bridgehead atoms. The number of nitrogens with one attached hydrogen (secondary N) is 2. The molecule has 1 amide bonds. The second kappa shape index (κ2) is 7.08. The van der Waals surface area contributed by atoms with Crippen LogP contribution < -0.4 is 10.2 Å². The van der Waals surface area contributed by atoms with Crippen molar-refractivity contribution in [1.82, 2.24) is 10.2 Å². The predicted octanol–water partition coefficient (Wildman–Crippen LogP) is -0.242. The second-order valence-electron chi connectivity index (χ2n) is 4.27. The number of sulfonamides is 1. The summed E-state index contributed by atoms with van der Waals surface area (Å²) < 4.78 is 63.3. The number of rotatable bonds is 6. The zero-order valence-electron chi connectivity index (χ0n) is 11.4. The quantitative estimate of drug-likeness (QED) is 0.304. The summed E-state index contributed by atoms with van der Waals surface area (Å²) in [6, 6.07) is -1.24. The standard InChI is InChI=1S/C10H10F3N3O7S/c11-10(12,13)5-1-2-8(7(3-5)16(20)21)24(22,23)15-6(4-17)9(18)14-19/h1-3,6,15,17,19H,4H2,(H,14,18)/t6-/m0/s1. The van der Waals surface area contributed by atoms with E-state index in [2.05, 4.69) is 0 Å². The van der Waals surface area contributed by atoms with Crippen LogP contribution in [0.2, 0.25) is 0 Å². The van der Waals surface area contributed by atoms with Crippen LogP contribution >= 0.6 is 0 Å². The Balaban J connectivity index is 3.38. The van der Waals surface area contributed by atoms with Crippen LogP contribution in [0.4, 0.5) is 18.9 Å². The van der Waals surface area contributed by atoms with Crippen molar-refractivity contribution in [2.75, 3.05) is 6.61 Å². The van der Waals surface area contributed by atoms with E-state index in [0.29, 0.717) is 12.1 Å². The Morgan fingerprint density at radius 1 is 1.38 bits per heavy atom. The molecule has 10 nitrogen and oxygen atoms in total. The zero-order chi connectivity index (χ0) is 18.7. The van der Waals surface area contributed by atoms with Gasteiger partial charge < -0.3 is 5.11 Å². The maximum absolute atomic E-state index is 12.6. The molecule has 0 fully saturated rings. The number of halogens is 3. The number of nitrogens with zero attached hydrogens (tertiary/aromatic N) is 1. The minimum atomic E-state index is -4.94. The first-order chi connectivity index (χ1) is 10.9. The van der Waals surface area contributed by atoms with Gasteiger partial charge in [-0.3, -0.25) is 20.1 Å². The lowest BCUT2D eigenvalue weighted by molar-refractivity contribution is -0.388. The Kier molecular flexibility index (Phi) is 5.83. The summed E-state index contributed by atoms with van der Waals surface area (Å²) in [7, 11) is -4.86. The van der Waals surface area contributed by atoms with E-state index in [1.54, 1.807) is 0 Å². The lowest BCUT2D eigenvalue weighted by Gasteiger charge is -2.15. The normalized spacial score (nSPS) is 13.4. The molecule has 0 saturated carbocycles. The van der Waals surface area contributed by atoms with Crippen molar-refractivity contribution in [1.29, 1.82) is 0 Å². The molecule has 0 unspecified atom stereocenters. The van der Waals surface area contributed by atoms with E-state index in [1.165, 1.54) is 4.72 Å². The minimum Gasteiger partial charge on any atom is -0.394 e. The van der Waals surface area contributed by atoms with E-state index >= 15 is 0 Å². The Morgan fingerprint density at radius 2 is 1.96 bits per heavy atom. The number of aliphatic hydroxyl groups is 1. The van der Waals surface area contributed by atoms with Gasteiger partial charge in [-0.1, -0.05) is 0 Å². The molecule has 0 saturated heterocycles. The van der Waals surface area contributed by atoms with E-state index in [4.69, 9.17) is 10.3 Å². The van der Waals surface area contributed by atoms with Gasteiger partial charge in [-0.2, -0.15) is 17.9 Å². The molecule has 4 N–H and O–H groups in total. The molecule has 0 aliphatic rings. The van der Waals surface area contributed by atoms with Crippen LogP contribution in [0.5, 0.6) is 0 Å². The largest absolute Gasteiger partial charge is 0.416 e. The number of hydrogen-bond acceptors (Lipinski definition) is 7. The van der Waals surface area contributed by atoms with Crippen molar-refractivity contribution in [2.24, 2.45) is 0 Å². The van der Waals surface area contributed by atoms with Crippen molar-refractivity contribution < 1.29 is 41.6 Å². The topological polar surface area (TPSA) is 159 Å². The van der Waals surface area contributed by atoms with Crippen LogP contribution in [0.15, 0.2) is 23.1 Å². The molecule has 0 aliphatic carbocycles. The van der Waals surface area contributed by atoms with Gasteiger partial charge in [0.15, 0.2) is 4.90 Å². The number of nitro groups is 1. The number of carbonyl (C=O) groups excluding carboxylic acids is 1. The highest BCUT2D eigenvalue weighted by Gasteiger charge is 2.36. The Labute approximate surface area is 132 Å². The number of hydrogen-bond donors (Lipinski definition) is 4. The van der Waals surface area contributed by atoms with Gasteiger partial charge in [-0.25, -0.2) is 13.9 Å². The Morgan fingerprint density at radius 3 is 2.38 bits per heavy atom. The van der Waals surface area contributed by atoms with Crippen molar-refractivity contribution in [2.45, 2.75) is 17.1 Å². The second-order valence-corrected chi connectivity index (χ2v) is 5.95. The molecule has 1 aromatic rings.